The van der Waals surface area contributed by atoms with Gasteiger partial charge >= 0.3 is 5.97 Å². The Balaban J connectivity index is 2.80. The van der Waals surface area contributed by atoms with Crippen molar-refractivity contribution in [1.82, 2.24) is 4.57 Å². The second-order valence-corrected chi connectivity index (χ2v) is 4.23. The molecule has 2 rings (SSSR count). The van der Waals surface area contributed by atoms with E-state index >= 15 is 0 Å². The third-order valence-electron chi connectivity index (χ3n) is 2.87. The first-order valence-corrected chi connectivity index (χ1v) is 5.49. The van der Waals surface area contributed by atoms with Crippen LogP contribution in [-0.4, -0.2) is 27.4 Å². The first kappa shape index (κ1) is 11.7. The number of carboxylic acids is 1. The maximum Gasteiger partial charge on any atom is 0.352 e. The highest BCUT2D eigenvalue weighted by Gasteiger charge is 2.15. The lowest BCUT2D eigenvalue weighted by atomic mass is 10.1. The minimum absolute atomic E-state index is 0.0720. The predicted octanol–water partition coefficient (Wildman–Crippen LogP) is 1.95. The van der Waals surface area contributed by atoms with E-state index in [4.69, 9.17) is 10.2 Å². The lowest BCUT2D eigenvalue weighted by molar-refractivity contribution is 0.0684. The third kappa shape index (κ3) is 1.91. The highest BCUT2D eigenvalue weighted by atomic mass is 16.4. The van der Waals surface area contributed by atoms with E-state index < -0.39 is 5.97 Å². The minimum Gasteiger partial charge on any atom is -0.477 e. The Kier molecular flexibility index (Phi) is 2.90. The van der Waals surface area contributed by atoms with Gasteiger partial charge in [-0.1, -0.05) is 11.6 Å². The molecule has 0 saturated carbocycles. The smallest absolute Gasteiger partial charge is 0.352 e. The van der Waals surface area contributed by atoms with Gasteiger partial charge in [-0.25, -0.2) is 4.79 Å². The summed E-state index contributed by atoms with van der Waals surface area (Å²) in [5.74, 6) is -0.966. The van der Waals surface area contributed by atoms with E-state index in [1.54, 1.807) is 10.6 Å². The molecule has 0 saturated heterocycles. The fraction of sp³-hybridized carbons (Fsp3) is 0.308. The van der Waals surface area contributed by atoms with Crippen molar-refractivity contribution in [2.45, 2.75) is 20.4 Å². The van der Waals surface area contributed by atoms with Crippen LogP contribution in [0.4, 0.5) is 0 Å². The second kappa shape index (κ2) is 4.22. The molecule has 1 aromatic heterocycles. The van der Waals surface area contributed by atoms with Crippen molar-refractivity contribution in [3.8, 4) is 0 Å². The minimum atomic E-state index is -0.966. The Morgan fingerprint density at radius 3 is 2.59 bits per heavy atom. The van der Waals surface area contributed by atoms with Crippen molar-refractivity contribution in [3.63, 3.8) is 0 Å². The number of fused-ring (bicyclic) bond motifs is 1. The molecule has 1 aromatic carbocycles. The van der Waals surface area contributed by atoms with Crippen LogP contribution in [0.1, 0.15) is 21.6 Å². The monoisotopic (exact) mass is 233 g/mol. The average molecular weight is 233 g/mol. The maximum absolute atomic E-state index is 11.2. The van der Waals surface area contributed by atoms with Crippen LogP contribution < -0.4 is 0 Å². The van der Waals surface area contributed by atoms with E-state index in [2.05, 4.69) is 0 Å². The van der Waals surface area contributed by atoms with E-state index in [1.807, 2.05) is 26.0 Å². The molecule has 2 aromatic rings. The number of carboxylic acid groups (broad SMARTS) is 1. The number of hydrogen-bond donors (Lipinski definition) is 2. The van der Waals surface area contributed by atoms with Crippen LogP contribution in [0.15, 0.2) is 18.2 Å². The quantitative estimate of drug-likeness (QED) is 0.851. The SMILES string of the molecule is Cc1cc(C)c2c(c1)cc(C(=O)O)n2CCO. The molecule has 0 amide bonds. The summed E-state index contributed by atoms with van der Waals surface area (Å²) in [5.41, 5.74) is 3.25. The van der Waals surface area contributed by atoms with Crippen LogP contribution >= 0.6 is 0 Å². The normalized spacial score (nSPS) is 11.0. The number of hydrogen-bond acceptors (Lipinski definition) is 2. The standard InChI is InChI=1S/C13H15NO3/c1-8-5-9(2)12-10(6-8)7-11(13(16)17)14(12)3-4-15/h5-7,15H,3-4H2,1-2H3,(H,16,17). The summed E-state index contributed by atoms with van der Waals surface area (Å²) in [6, 6.07) is 5.64. The molecule has 2 N–H and O–H groups in total. The van der Waals surface area contributed by atoms with Gasteiger partial charge in [-0.2, -0.15) is 0 Å². The summed E-state index contributed by atoms with van der Waals surface area (Å²) >= 11 is 0. The van der Waals surface area contributed by atoms with Gasteiger partial charge in [0.1, 0.15) is 5.69 Å². The molecule has 0 spiro atoms. The summed E-state index contributed by atoms with van der Waals surface area (Å²) in [5, 5.41) is 19.1. The summed E-state index contributed by atoms with van der Waals surface area (Å²) in [7, 11) is 0. The van der Waals surface area contributed by atoms with Gasteiger partial charge in [0.25, 0.3) is 0 Å². The van der Waals surface area contributed by atoms with Gasteiger partial charge in [0.05, 0.1) is 12.1 Å². The van der Waals surface area contributed by atoms with Crippen molar-refractivity contribution in [1.29, 1.82) is 0 Å². The van der Waals surface area contributed by atoms with Gasteiger partial charge in [-0.3, -0.25) is 0 Å². The van der Waals surface area contributed by atoms with Crippen LogP contribution in [-0.2, 0) is 6.54 Å². The molecule has 0 fully saturated rings. The molecule has 4 nitrogen and oxygen atoms in total. The molecule has 90 valence electrons. The zero-order chi connectivity index (χ0) is 12.6. The van der Waals surface area contributed by atoms with Gasteiger partial charge in [0, 0.05) is 11.9 Å². The van der Waals surface area contributed by atoms with Crippen molar-refractivity contribution in [2.75, 3.05) is 6.61 Å². The fourth-order valence-corrected chi connectivity index (χ4v) is 2.33. The fourth-order valence-electron chi connectivity index (χ4n) is 2.33. The van der Waals surface area contributed by atoms with Crippen molar-refractivity contribution >= 4 is 16.9 Å². The molecule has 17 heavy (non-hydrogen) atoms. The highest BCUT2D eigenvalue weighted by Crippen LogP contribution is 2.25. The van der Waals surface area contributed by atoms with Crippen LogP contribution in [0.2, 0.25) is 0 Å². The topological polar surface area (TPSA) is 62.5 Å². The Bertz CT molecular complexity index is 584. The van der Waals surface area contributed by atoms with E-state index in [1.165, 1.54) is 0 Å². The third-order valence-corrected chi connectivity index (χ3v) is 2.87. The summed E-state index contributed by atoms with van der Waals surface area (Å²) in [6.45, 7) is 4.16. The van der Waals surface area contributed by atoms with Crippen LogP contribution in [0, 0.1) is 13.8 Å². The number of rotatable bonds is 3. The molecule has 0 atom stereocenters. The van der Waals surface area contributed by atoms with Gasteiger partial charge in [-0.05, 0) is 31.5 Å². The summed E-state index contributed by atoms with van der Waals surface area (Å²) in [4.78, 5) is 11.2. The Morgan fingerprint density at radius 1 is 1.29 bits per heavy atom. The van der Waals surface area contributed by atoms with E-state index in [-0.39, 0.29) is 12.3 Å². The number of aliphatic hydroxyl groups is 1. The highest BCUT2D eigenvalue weighted by molar-refractivity contribution is 5.96. The molecular weight excluding hydrogens is 218 g/mol. The lowest BCUT2D eigenvalue weighted by Gasteiger charge is -2.08. The zero-order valence-corrected chi connectivity index (χ0v) is 9.90. The van der Waals surface area contributed by atoms with Gasteiger partial charge < -0.3 is 14.8 Å². The Hall–Kier alpha value is -1.81. The molecular formula is C13H15NO3. The van der Waals surface area contributed by atoms with Crippen LogP contribution in [0.3, 0.4) is 0 Å². The van der Waals surface area contributed by atoms with Gasteiger partial charge in [0.15, 0.2) is 0 Å². The van der Waals surface area contributed by atoms with Crippen molar-refractivity contribution < 1.29 is 15.0 Å². The second-order valence-electron chi connectivity index (χ2n) is 4.23. The number of aromatic carboxylic acids is 1. The maximum atomic E-state index is 11.2. The molecule has 0 bridgehead atoms. The lowest BCUT2D eigenvalue weighted by Crippen LogP contribution is -2.11. The molecule has 4 heteroatoms. The molecule has 0 radical (unpaired) electrons. The number of carbonyl (C=O) groups is 1. The van der Waals surface area contributed by atoms with Crippen molar-refractivity contribution in [2.24, 2.45) is 0 Å². The van der Waals surface area contributed by atoms with Gasteiger partial charge in [0.2, 0.25) is 0 Å². The van der Waals surface area contributed by atoms with E-state index in [0.29, 0.717) is 6.54 Å². The number of aryl methyl sites for hydroxylation is 2. The first-order valence-electron chi connectivity index (χ1n) is 5.49. The average Bonchev–Trinajstić information content (AvgIpc) is 2.57. The number of nitrogens with zero attached hydrogens (tertiary/aromatic N) is 1. The van der Waals surface area contributed by atoms with E-state index in [9.17, 15) is 4.79 Å². The Labute approximate surface area is 99.1 Å². The van der Waals surface area contributed by atoms with Crippen LogP contribution in [0.25, 0.3) is 10.9 Å². The molecule has 0 aliphatic carbocycles. The van der Waals surface area contributed by atoms with Gasteiger partial charge in [-0.15, -0.1) is 0 Å². The molecule has 0 unspecified atom stereocenters. The number of aromatic nitrogens is 1. The predicted molar refractivity (Wildman–Crippen MR) is 65.5 cm³/mol. The first-order chi connectivity index (χ1) is 8.04. The van der Waals surface area contributed by atoms with E-state index in [0.717, 1.165) is 22.0 Å². The number of aliphatic hydroxyl groups excluding tert-OH is 1. The molecule has 1 heterocycles. The molecule has 0 aliphatic rings. The van der Waals surface area contributed by atoms with Crippen LogP contribution in [0.5, 0.6) is 0 Å². The Morgan fingerprint density at radius 2 is 2.00 bits per heavy atom. The zero-order valence-electron chi connectivity index (χ0n) is 9.90. The largest absolute Gasteiger partial charge is 0.477 e. The summed E-state index contributed by atoms with van der Waals surface area (Å²) < 4.78 is 1.66. The van der Waals surface area contributed by atoms with Crippen molar-refractivity contribution in [3.05, 3.63) is 35.0 Å². The molecule has 0 aliphatic heterocycles. The summed E-state index contributed by atoms with van der Waals surface area (Å²) in [6.07, 6.45) is 0. The number of benzene rings is 1.